The molecule has 1 nitrogen and oxygen atoms in total. The Morgan fingerprint density at radius 2 is 0.770 bits per heavy atom. The summed E-state index contributed by atoms with van der Waals surface area (Å²) in [6, 6.07) is 51.4. The Hall–Kier alpha value is -6.44. The van der Waals surface area contributed by atoms with Gasteiger partial charge in [-0.25, -0.2) is 0 Å². The predicted molar refractivity (Wildman–Crippen MR) is 260 cm³/mol. The summed E-state index contributed by atoms with van der Waals surface area (Å²) in [6.07, 6.45) is 10.2. The molecule has 0 saturated carbocycles. The van der Waals surface area contributed by atoms with Crippen LogP contribution in [0.5, 0.6) is 0 Å². The Bertz CT molecular complexity index is 3000. The van der Waals surface area contributed by atoms with Gasteiger partial charge in [0.15, 0.2) is 0 Å². The van der Waals surface area contributed by atoms with E-state index in [1.165, 1.54) is 112 Å². The van der Waals surface area contributed by atoms with Crippen LogP contribution in [0.3, 0.4) is 0 Å². The second-order valence-electron chi connectivity index (χ2n) is 19.8. The molecule has 0 N–H and O–H groups in total. The van der Waals surface area contributed by atoms with Gasteiger partial charge in [0.25, 0.3) is 0 Å². The zero-order valence-corrected chi connectivity index (χ0v) is 36.7. The molecule has 61 heavy (non-hydrogen) atoms. The van der Waals surface area contributed by atoms with Crippen LogP contribution < -0.4 is 4.90 Å². The third-order valence-electron chi connectivity index (χ3n) is 15.1. The monoisotopic (exact) mass is 787 g/mol. The fraction of sp³-hybridized carbons (Fsp3) is 0.200. The predicted octanol–water partition coefficient (Wildman–Crippen LogP) is 16.1. The molecule has 0 unspecified atom stereocenters. The normalized spacial score (nSPS) is 17.0. The average molecular weight is 788 g/mol. The number of hydrogen-bond acceptors (Lipinski definition) is 1. The molecular weight excluding hydrogens is 735 g/mol. The third-order valence-corrected chi connectivity index (χ3v) is 15.1. The van der Waals surface area contributed by atoms with Gasteiger partial charge in [-0.1, -0.05) is 177 Å². The van der Waals surface area contributed by atoms with E-state index in [0.29, 0.717) is 0 Å². The lowest BCUT2D eigenvalue weighted by Crippen LogP contribution is -2.19. The van der Waals surface area contributed by atoms with Crippen LogP contribution in [0.1, 0.15) is 105 Å². The van der Waals surface area contributed by atoms with Crippen molar-refractivity contribution in [2.75, 3.05) is 4.90 Å². The molecule has 0 bridgehead atoms. The van der Waals surface area contributed by atoms with Crippen molar-refractivity contribution in [3.63, 3.8) is 0 Å². The number of hydrogen-bond donors (Lipinski definition) is 0. The first kappa shape index (κ1) is 37.6. The highest BCUT2D eigenvalue weighted by atomic mass is 15.1. The summed E-state index contributed by atoms with van der Waals surface area (Å²) in [5, 5.41) is 0. The van der Waals surface area contributed by atoms with E-state index in [4.69, 9.17) is 0 Å². The van der Waals surface area contributed by atoms with Crippen LogP contribution in [0, 0.1) is 0 Å². The van der Waals surface area contributed by atoms with E-state index in [1.54, 1.807) is 0 Å². The Morgan fingerprint density at radius 3 is 1.31 bits per heavy atom. The van der Waals surface area contributed by atoms with Crippen molar-refractivity contribution >= 4 is 23.1 Å². The molecule has 0 atom stereocenters. The Kier molecular flexibility index (Phi) is 7.87. The van der Waals surface area contributed by atoms with E-state index >= 15 is 0 Å². The molecule has 0 aromatic heterocycles. The molecule has 4 aliphatic rings. The first-order chi connectivity index (χ1) is 29.2. The molecule has 7 aromatic rings. The summed E-state index contributed by atoms with van der Waals surface area (Å²) in [7, 11) is 0. The molecule has 0 aliphatic heterocycles. The second-order valence-corrected chi connectivity index (χ2v) is 19.8. The van der Waals surface area contributed by atoms with Crippen LogP contribution in [0.4, 0.5) is 17.1 Å². The van der Waals surface area contributed by atoms with Crippen LogP contribution in [0.15, 0.2) is 164 Å². The molecule has 0 spiro atoms. The van der Waals surface area contributed by atoms with Crippen molar-refractivity contribution in [1.82, 2.24) is 0 Å². The Labute approximate surface area is 362 Å². The maximum absolute atomic E-state index is 3.85. The van der Waals surface area contributed by atoms with Gasteiger partial charge in [0.1, 0.15) is 0 Å². The van der Waals surface area contributed by atoms with E-state index in [1.807, 2.05) is 12.2 Å². The van der Waals surface area contributed by atoms with Crippen LogP contribution >= 0.6 is 0 Å². The summed E-state index contributed by atoms with van der Waals surface area (Å²) in [5.41, 5.74) is 26.1. The van der Waals surface area contributed by atoms with Gasteiger partial charge < -0.3 is 4.90 Å². The SMILES string of the molecule is C=C/C=C\C=C\c1cccc2c1-c1cc3c(cc1C2(C)C)-c1ccc(N(c2ccc4c(c2)C(C)(C)c2ccccc2-4)c2ccc4c(c2)C(C)(C)c2ccccc2-4)cc1C3(C)C. The molecule has 4 aliphatic carbocycles. The third kappa shape index (κ3) is 5.13. The zero-order valence-electron chi connectivity index (χ0n) is 36.7. The minimum absolute atomic E-state index is 0.110. The topological polar surface area (TPSA) is 3.24 Å². The Morgan fingerprint density at radius 1 is 0.361 bits per heavy atom. The average Bonchev–Trinajstić information content (AvgIpc) is 3.82. The van der Waals surface area contributed by atoms with Crippen molar-refractivity contribution in [1.29, 1.82) is 0 Å². The van der Waals surface area contributed by atoms with Crippen molar-refractivity contribution in [3.05, 3.63) is 214 Å². The van der Waals surface area contributed by atoms with E-state index < -0.39 is 0 Å². The van der Waals surface area contributed by atoms with Gasteiger partial charge in [-0.2, -0.15) is 0 Å². The molecule has 11 rings (SSSR count). The molecular formula is C60H53N. The summed E-state index contributed by atoms with van der Waals surface area (Å²) >= 11 is 0. The fourth-order valence-corrected chi connectivity index (χ4v) is 11.7. The maximum atomic E-state index is 3.85. The molecule has 298 valence electrons. The van der Waals surface area contributed by atoms with Gasteiger partial charge in [0.05, 0.1) is 0 Å². The van der Waals surface area contributed by atoms with Gasteiger partial charge in [0, 0.05) is 38.7 Å². The van der Waals surface area contributed by atoms with Gasteiger partial charge in [-0.3, -0.25) is 0 Å². The molecule has 0 fully saturated rings. The molecule has 1 heteroatoms. The minimum atomic E-state index is -0.213. The number of rotatable bonds is 6. The second kappa shape index (κ2) is 12.8. The van der Waals surface area contributed by atoms with E-state index in [9.17, 15) is 0 Å². The molecule has 0 amide bonds. The maximum Gasteiger partial charge on any atom is 0.0465 e. The number of benzene rings is 7. The van der Waals surface area contributed by atoms with Crippen molar-refractivity contribution < 1.29 is 0 Å². The quantitative estimate of drug-likeness (QED) is 0.152. The van der Waals surface area contributed by atoms with Gasteiger partial charge >= 0.3 is 0 Å². The number of anilines is 3. The van der Waals surface area contributed by atoms with E-state index in [2.05, 4.69) is 219 Å². The summed E-state index contributed by atoms with van der Waals surface area (Å²) < 4.78 is 0. The molecule has 7 aromatic carbocycles. The highest BCUT2D eigenvalue weighted by Gasteiger charge is 2.43. The first-order valence-electron chi connectivity index (χ1n) is 22.0. The lowest BCUT2D eigenvalue weighted by atomic mass is 9.79. The van der Waals surface area contributed by atoms with Crippen LogP contribution in [-0.4, -0.2) is 0 Å². The van der Waals surface area contributed by atoms with Crippen molar-refractivity contribution in [2.45, 2.75) is 77.0 Å². The number of fused-ring (bicyclic) bond motifs is 12. The fourth-order valence-electron chi connectivity index (χ4n) is 11.7. The molecule has 0 heterocycles. The highest BCUT2D eigenvalue weighted by Crippen LogP contribution is 2.58. The largest absolute Gasteiger partial charge is 0.310 e. The standard InChI is InChI=1S/C60H53N/c1-10-11-12-13-19-37-20-18-25-50-56(37)47-36-54-46(35-55(47)59(50,6)7)45-31-28-40(34-53(45)60(54,8)9)61(38-26-29-43-41-21-14-16-23-48(41)57(2,3)51(43)32-38)39-27-30-44-42-22-15-17-24-49(42)58(4,5)52(44)33-39/h10-36H,1H2,2-9H3/b12-11-,19-13+. The van der Waals surface area contributed by atoms with Gasteiger partial charge in [0.2, 0.25) is 0 Å². The first-order valence-corrected chi connectivity index (χ1v) is 22.0. The highest BCUT2D eigenvalue weighted by molar-refractivity contribution is 5.94. The molecule has 0 saturated heterocycles. The van der Waals surface area contributed by atoms with Crippen LogP contribution in [0.2, 0.25) is 0 Å². The number of allylic oxidation sites excluding steroid dienone is 4. The van der Waals surface area contributed by atoms with Crippen LogP contribution in [0.25, 0.3) is 50.6 Å². The Balaban J connectivity index is 1.08. The van der Waals surface area contributed by atoms with Crippen LogP contribution in [-0.2, 0) is 21.7 Å². The summed E-state index contributed by atoms with van der Waals surface area (Å²) in [4.78, 5) is 2.52. The summed E-state index contributed by atoms with van der Waals surface area (Å²) in [6.45, 7) is 23.0. The van der Waals surface area contributed by atoms with Crippen molar-refractivity contribution in [2.24, 2.45) is 0 Å². The van der Waals surface area contributed by atoms with Gasteiger partial charge in [-0.05, 0) is 143 Å². The van der Waals surface area contributed by atoms with Gasteiger partial charge in [-0.15, -0.1) is 0 Å². The smallest absolute Gasteiger partial charge is 0.0465 e. The minimum Gasteiger partial charge on any atom is -0.310 e. The lowest BCUT2D eigenvalue weighted by molar-refractivity contribution is 0.652. The number of nitrogens with zero attached hydrogens (tertiary/aromatic N) is 1. The van der Waals surface area contributed by atoms with E-state index in [0.717, 1.165) is 0 Å². The summed E-state index contributed by atoms with van der Waals surface area (Å²) in [5.74, 6) is 0. The molecule has 0 radical (unpaired) electrons. The zero-order chi connectivity index (χ0) is 42.2. The van der Waals surface area contributed by atoms with E-state index in [-0.39, 0.29) is 21.7 Å². The lowest BCUT2D eigenvalue weighted by Gasteiger charge is -2.31. The van der Waals surface area contributed by atoms with Crippen molar-refractivity contribution in [3.8, 4) is 44.5 Å².